The molecule has 0 saturated carbocycles. The Bertz CT molecular complexity index is 223. The van der Waals surface area contributed by atoms with Gasteiger partial charge in [-0.2, -0.15) is 0 Å². The van der Waals surface area contributed by atoms with E-state index in [1.54, 1.807) is 0 Å². The SMILES string of the molecule is CC(=O)NCCCNCCCNCCCNC(C)=O. The zero-order valence-corrected chi connectivity index (χ0v) is 12.2. The summed E-state index contributed by atoms with van der Waals surface area (Å²) in [5, 5.41) is 12.2. The fraction of sp³-hybridized carbons (Fsp3) is 0.846. The Kier molecular flexibility index (Phi) is 12.5. The summed E-state index contributed by atoms with van der Waals surface area (Å²) in [5.41, 5.74) is 0. The first kappa shape index (κ1) is 17.9. The maximum absolute atomic E-state index is 10.6. The van der Waals surface area contributed by atoms with E-state index >= 15 is 0 Å². The van der Waals surface area contributed by atoms with Crippen molar-refractivity contribution in [2.45, 2.75) is 33.1 Å². The van der Waals surface area contributed by atoms with Gasteiger partial charge in [-0.15, -0.1) is 0 Å². The third-order valence-electron chi connectivity index (χ3n) is 2.52. The highest BCUT2D eigenvalue weighted by Crippen LogP contribution is 1.79. The maximum Gasteiger partial charge on any atom is 0.216 e. The summed E-state index contributed by atoms with van der Waals surface area (Å²) in [6.07, 6.45) is 3.01. The Morgan fingerprint density at radius 2 is 0.947 bits per heavy atom. The summed E-state index contributed by atoms with van der Waals surface area (Å²) < 4.78 is 0. The van der Waals surface area contributed by atoms with E-state index in [0.29, 0.717) is 0 Å². The van der Waals surface area contributed by atoms with Crippen LogP contribution in [0.4, 0.5) is 0 Å². The molecule has 0 unspecified atom stereocenters. The lowest BCUT2D eigenvalue weighted by Gasteiger charge is -2.07. The summed E-state index contributed by atoms with van der Waals surface area (Å²) in [6.45, 7) is 8.38. The molecule has 0 aliphatic carbocycles. The molecule has 0 aromatic rings. The second-order valence-electron chi connectivity index (χ2n) is 4.53. The highest BCUT2D eigenvalue weighted by molar-refractivity contribution is 5.72. The molecule has 0 aromatic heterocycles. The Hall–Kier alpha value is -1.14. The minimum absolute atomic E-state index is 0.0310. The van der Waals surface area contributed by atoms with Crippen molar-refractivity contribution in [1.82, 2.24) is 21.3 Å². The fourth-order valence-electron chi connectivity index (χ4n) is 1.54. The van der Waals surface area contributed by atoms with E-state index in [4.69, 9.17) is 0 Å². The summed E-state index contributed by atoms with van der Waals surface area (Å²) in [7, 11) is 0. The van der Waals surface area contributed by atoms with Gasteiger partial charge in [0.15, 0.2) is 0 Å². The van der Waals surface area contributed by atoms with Crippen LogP contribution in [0.25, 0.3) is 0 Å². The maximum atomic E-state index is 10.6. The van der Waals surface area contributed by atoms with Crippen LogP contribution < -0.4 is 21.3 Å². The Morgan fingerprint density at radius 1 is 0.632 bits per heavy atom. The van der Waals surface area contributed by atoms with Crippen LogP contribution in [0.3, 0.4) is 0 Å². The normalized spacial score (nSPS) is 10.2. The number of hydrogen-bond acceptors (Lipinski definition) is 4. The molecular weight excluding hydrogens is 244 g/mol. The van der Waals surface area contributed by atoms with E-state index in [9.17, 15) is 9.59 Å². The van der Waals surface area contributed by atoms with Crippen molar-refractivity contribution in [1.29, 1.82) is 0 Å². The average molecular weight is 272 g/mol. The standard InChI is InChI=1S/C13H28N4O2/c1-12(18)16-10-4-8-14-6-3-7-15-9-5-11-17-13(2)19/h14-15H,3-11H2,1-2H3,(H,16,18)(H,17,19). The van der Waals surface area contributed by atoms with Crippen molar-refractivity contribution in [2.24, 2.45) is 0 Å². The molecule has 6 nitrogen and oxygen atoms in total. The van der Waals surface area contributed by atoms with Crippen molar-refractivity contribution < 1.29 is 9.59 Å². The topological polar surface area (TPSA) is 82.3 Å². The van der Waals surface area contributed by atoms with Gasteiger partial charge in [0.1, 0.15) is 0 Å². The third-order valence-corrected chi connectivity index (χ3v) is 2.52. The van der Waals surface area contributed by atoms with Crippen molar-refractivity contribution >= 4 is 11.8 Å². The smallest absolute Gasteiger partial charge is 0.216 e. The van der Waals surface area contributed by atoms with Gasteiger partial charge in [-0.25, -0.2) is 0 Å². The molecule has 0 bridgehead atoms. The second-order valence-corrected chi connectivity index (χ2v) is 4.53. The van der Waals surface area contributed by atoms with Crippen LogP contribution in [0.2, 0.25) is 0 Å². The first-order valence-corrected chi connectivity index (χ1v) is 7.03. The summed E-state index contributed by atoms with van der Waals surface area (Å²) in [6, 6.07) is 0. The Labute approximate surface area is 116 Å². The van der Waals surface area contributed by atoms with E-state index in [2.05, 4.69) is 21.3 Å². The van der Waals surface area contributed by atoms with Gasteiger partial charge in [0.05, 0.1) is 0 Å². The first-order valence-electron chi connectivity index (χ1n) is 7.03. The van der Waals surface area contributed by atoms with Crippen molar-refractivity contribution in [3.63, 3.8) is 0 Å². The van der Waals surface area contributed by atoms with Crippen molar-refractivity contribution in [2.75, 3.05) is 39.3 Å². The molecule has 0 fully saturated rings. The van der Waals surface area contributed by atoms with Crippen LogP contribution >= 0.6 is 0 Å². The van der Waals surface area contributed by atoms with E-state index in [-0.39, 0.29) is 11.8 Å². The van der Waals surface area contributed by atoms with Gasteiger partial charge < -0.3 is 21.3 Å². The molecule has 0 aliphatic rings. The van der Waals surface area contributed by atoms with Crippen LogP contribution in [0.1, 0.15) is 33.1 Å². The molecule has 0 aromatic carbocycles. The number of nitrogens with one attached hydrogen (secondary N) is 4. The van der Waals surface area contributed by atoms with Crippen LogP contribution in [-0.4, -0.2) is 51.1 Å². The molecule has 0 saturated heterocycles. The van der Waals surface area contributed by atoms with Crippen LogP contribution in [0, 0.1) is 0 Å². The average Bonchev–Trinajstić information content (AvgIpc) is 2.34. The summed E-state index contributed by atoms with van der Waals surface area (Å²) in [5.74, 6) is 0.0620. The third kappa shape index (κ3) is 16.9. The lowest BCUT2D eigenvalue weighted by molar-refractivity contribution is -0.119. The van der Waals surface area contributed by atoms with Crippen molar-refractivity contribution in [3.8, 4) is 0 Å². The van der Waals surface area contributed by atoms with Gasteiger partial charge in [-0.05, 0) is 45.4 Å². The minimum atomic E-state index is 0.0310. The van der Waals surface area contributed by atoms with E-state index in [1.807, 2.05) is 0 Å². The molecule has 6 heteroatoms. The highest BCUT2D eigenvalue weighted by atomic mass is 16.1. The van der Waals surface area contributed by atoms with Gasteiger partial charge in [-0.3, -0.25) is 9.59 Å². The van der Waals surface area contributed by atoms with Crippen LogP contribution in [-0.2, 0) is 9.59 Å². The van der Waals surface area contributed by atoms with Crippen molar-refractivity contribution in [3.05, 3.63) is 0 Å². The van der Waals surface area contributed by atoms with Gasteiger partial charge in [-0.1, -0.05) is 0 Å². The van der Waals surface area contributed by atoms with Gasteiger partial charge in [0.25, 0.3) is 0 Å². The second kappa shape index (κ2) is 13.3. The van der Waals surface area contributed by atoms with Crippen LogP contribution in [0.15, 0.2) is 0 Å². The van der Waals surface area contributed by atoms with Gasteiger partial charge >= 0.3 is 0 Å². The predicted octanol–water partition coefficient (Wildman–Crippen LogP) is -0.392. The Balaban J connectivity index is 2.99. The molecule has 0 rings (SSSR count). The molecule has 2 amide bonds. The fourth-order valence-corrected chi connectivity index (χ4v) is 1.54. The van der Waals surface area contributed by atoms with E-state index in [0.717, 1.165) is 58.5 Å². The number of amides is 2. The molecular formula is C13H28N4O2. The monoisotopic (exact) mass is 272 g/mol. The minimum Gasteiger partial charge on any atom is -0.356 e. The number of carbonyl (C=O) groups excluding carboxylic acids is 2. The number of hydrogen-bond donors (Lipinski definition) is 4. The van der Waals surface area contributed by atoms with Gasteiger partial charge in [0, 0.05) is 26.9 Å². The zero-order chi connectivity index (χ0) is 14.3. The summed E-state index contributed by atoms with van der Waals surface area (Å²) in [4.78, 5) is 21.2. The number of carbonyl (C=O) groups is 2. The molecule has 0 heterocycles. The molecule has 0 atom stereocenters. The first-order chi connectivity index (χ1) is 9.13. The van der Waals surface area contributed by atoms with Crippen LogP contribution in [0.5, 0.6) is 0 Å². The quantitative estimate of drug-likeness (QED) is 0.365. The number of rotatable bonds is 12. The Morgan fingerprint density at radius 3 is 1.26 bits per heavy atom. The lowest BCUT2D eigenvalue weighted by Crippen LogP contribution is -2.28. The van der Waals surface area contributed by atoms with E-state index in [1.165, 1.54) is 13.8 Å². The predicted molar refractivity (Wildman–Crippen MR) is 77.0 cm³/mol. The molecule has 4 N–H and O–H groups in total. The largest absolute Gasteiger partial charge is 0.356 e. The zero-order valence-electron chi connectivity index (χ0n) is 12.2. The molecule has 0 radical (unpaired) electrons. The van der Waals surface area contributed by atoms with E-state index < -0.39 is 0 Å². The molecule has 0 spiro atoms. The lowest BCUT2D eigenvalue weighted by atomic mass is 10.3. The van der Waals surface area contributed by atoms with Gasteiger partial charge in [0.2, 0.25) is 11.8 Å². The molecule has 112 valence electrons. The molecule has 19 heavy (non-hydrogen) atoms. The molecule has 0 aliphatic heterocycles. The highest BCUT2D eigenvalue weighted by Gasteiger charge is 1.93. The summed E-state index contributed by atoms with van der Waals surface area (Å²) >= 11 is 0.